The van der Waals surface area contributed by atoms with E-state index in [1.165, 1.54) is 11.0 Å². The molecular formula is C20H28FNO4. The van der Waals surface area contributed by atoms with E-state index in [-0.39, 0.29) is 38.4 Å². The van der Waals surface area contributed by atoms with E-state index in [0.717, 1.165) is 5.56 Å². The van der Waals surface area contributed by atoms with Gasteiger partial charge in [-0.2, -0.15) is 0 Å². The summed E-state index contributed by atoms with van der Waals surface area (Å²) < 4.78 is 25.5. The first-order valence-corrected chi connectivity index (χ1v) is 8.82. The number of amides is 2. The van der Waals surface area contributed by atoms with Crippen LogP contribution in [-0.4, -0.2) is 36.2 Å². The van der Waals surface area contributed by atoms with Crippen molar-refractivity contribution in [2.75, 3.05) is 13.2 Å². The zero-order valence-electron chi connectivity index (χ0n) is 14.9. The van der Waals surface area contributed by atoms with Gasteiger partial charge < -0.3 is 9.47 Å². The van der Waals surface area contributed by atoms with Crippen molar-refractivity contribution in [3.63, 3.8) is 0 Å². The third-order valence-electron chi connectivity index (χ3n) is 5.34. The normalized spacial score (nSPS) is 28.0. The fourth-order valence-electron chi connectivity index (χ4n) is 3.78. The van der Waals surface area contributed by atoms with E-state index in [1.54, 1.807) is 6.07 Å². The van der Waals surface area contributed by atoms with Crippen LogP contribution in [0, 0.1) is 18.7 Å². The highest BCUT2D eigenvalue weighted by molar-refractivity contribution is 5.95. The lowest BCUT2D eigenvalue weighted by Gasteiger charge is -2.28. The number of cyclic esters (lactones) is 1. The van der Waals surface area contributed by atoms with Gasteiger partial charge in [-0.05, 0) is 37.8 Å². The average Bonchev–Trinajstić information content (AvgIpc) is 3.18. The molecule has 0 spiro atoms. The van der Waals surface area contributed by atoms with E-state index in [4.69, 9.17) is 9.47 Å². The van der Waals surface area contributed by atoms with Gasteiger partial charge in [0.05, 0.1) is 24.2 Å². The summed E-state index contributed by atoms with van der Waals surface area (Å²) in [4.78, 5) is 26.0. The van der Waals surface area contributed by atoms with Crippen LogP contribution >= 0.6 is 0 Å². The molecule has 26 heavy (non-hydrogen) atoms. The van der Waals surface area contributed by atoms with Gasteiger partial charge in [0.2, 0.25) is 5.91 Å². The molecule has 144 valence electrons. The minimum absolute atomic E-state index is 0. The summed E-state index contributed by atoms with van der Waals surface area (Å²) in [6, 6.07) is 4.84. The molecule has 1 aromatic rings. The second-order valence-corrected chi connectivity index (χ2v) is 6.89. The lowest BCUT2D eigenvalue weighted by molar-refractivity contribution is -0.133. The van der Waals surface area contributed by atoms with Gasteiger partial charge in [-0.25, -0.2) is 14.1 Å². The molecule has 2 heterocycles. The molecule has 0 N–H and O–H groups in total. The molecule has 2 fully saturated rings. The maximum absolute atomic E-state index is 14.5. The molecule has 6 heteroatoms. The summed E-state index contributed by atoms with van der Waals surface area (Å²) >= 11 is 0. The van der Waals surface area contributed by atoms with Crippen LogP contribution in [0.5, 0.6) is 0 Å². The van der Waals surface area contributed by atoms with Crippen molar-refractivity contribution in [2.24, 2.45) is 5.92 Å². The average molecular weight is 365 g/mol. The minimum atomic E-state index is -0.830. The Labute approximate surface area is 154 Å². The molecule has 2 aliphatic heterocycles. The molecule has 0 radical (unpaired) electrons. The number of carbonyl (C=O) groups is 2. The molecule has 2 amide bonds. The van der Waals surface area contributed by atoms with Crippen LogP contribution in [0.4, 0.5) is 9.18 Å². The Kier molecular flexibility index (Phi) is 6.06. The molecule has 1 aromatic carbocycles. The fourth-order valence-corrected chi connectivity index (χ4v) is 3.78. The van der Waals surface area contributed by atoms with Crippen LogP contribution in [0.15, 0.2) is 18.2 Å². The van der Waals surface area contributed by atoms with Gasteiger partial charge in [0, 0.05) is 5.56 Å². The molecule has 3 rings (SSSR count). The lowest BCUT2D eigenvalue weighted by Crippen LogP contribution is -2.42. The van der Waals surface area contributed by atoms with Crippen molar-refractivity contribution in [3.05, 3.63) is 35.1 Å². The van der Waals surface area contributed by atoms with Crippen LogP contribution in [0.25, 0.3) is 0 Å². The maximum Gasteiger partial charge on any atom is 0.416 e. The van der Waals surface area contributed by atoms with Crippen molar-refractivity contribution >= 4 is 12.0 Å². The highest BCUT2D eigenvalue weighted by Gasteiger charge is 2.48. The molecule has 2 saturated heterocycles. The van der Waals surface area contributed by atoms with Gasteiger partial charge >= 0.3 is 6.09 Å². The number of halogens is 1. The molecule has 2 aliphatic rings. The van der Waals surface area contributed by atoms with Crippen LogP contribution in [0.1, 0.15) is 51.7 Å². The highest BCUT2D eigenvalue weighted by atomic mass is 19.1. The summed E-state index contributed by atoms with van der Waals surface area (Å²) in [7, 11) is 0. The molecule has 0 aliphatic carbocycles. The number of carbonyl (C=O) groups excluding carboxylic acids is 2. The number of ether oxygens (including phenoxy) is 2. The topological polar surface area (TPSA) is 55.8 Å². The van der Waals surface area contributed by atoms with Crippen LogP contribution < -0.4 is 0 Å². The SMILES string of the molecule is C.CC[C@@H]1COC(=O)N1C(=O)[C@@H]1CO[C@@](CC)(c2ccc(C)cc2F)C1. The fraction of sp³-hybridized carbons (Fsp3) is 0.600. The number of nitrogens with zero attached hydrogens (tertiary/aromatic N) is 1. The number of aryl methyl sites for hydroxylation is 1. The Morgan fingerprint density at radius 2 is 2.08 bits per heavy atom. The largest absolute Gasteiger partial charge is 0.447 e. The Morgan fingerprint density at radius 3 is 2.69 bits per heavy atom. The van der Waals surface area contributed by atoms with Crippen molar-refractivity contribution in [3.8, 4) is 0 Å². The molecular weight excluding hydrogens is 337 g/mol. The molecule has 0 unspecified atom stereocenters. The Balaban J connectivity index is 0.00000243. The van der Waals surface area contributed by atoms with E-state index < -0.39 is 17.6 Å². The van der Waals surface area contributed by atoms with Crippen molar-refractivity contribution < 1.29 is 23.5 Å². The van der Waals surface area contributed by atoms with Gasteiger partial charge in [-0.15, -0.1) is 0 Å². The number of imide groups is 1. The molecule has 3 atom stereocenters. The van der Waals surface area contributed by atoms with E-state index in [1.807, 2.05) is 26.8 Å². The van der Waals surface area contributed by atoms with Gasteiger partial charge in [-0.1, -0.05) is 33.4 Å². The molecule has 0 aromatic heterocycles. The Bertz CT molecular complexity index is 692. The number of hydrogen-bond donors (Lipinski definition) is 0. The minimum Gasteiger partial charge on any atom is -0.447 e. The van der Waals surface area contributed by atoms with Crippen molar-refractivity contribution in [2.45, 2.75) is 59.1 Å². The number of rotatable bonds is 4. The first-order valence-electron chi connectivity index (χ1n) is 8.82. The standard InChI is InChI=1S/C19H24FNO4.CH4/c1-4-14-11-24-18(23)21(14)17(22)13-9-19(5-2,25-10-13)15-7-6-12(3)8-16(15)20;/h6-8,13-14H,4-5,9-11H2,1-3H3;1H4/t13-,14+,19+;/m0./s1. The van der Waals surface area contributed by atoms with Crippen LogP contribution in [-0.2, 0) is 19.9 Å². The zero-order chi connectivity index (χ0) is 18.2. The summed E-state index contributed by atoms with van der Waals surface area (Å²) in [5.41, 5.74) is 0.486. The summed E-state index contributed by atoms with van der Waals surface area (Å²) in [5, 5.41) is 0. The second kappa shape index (κ2) is 7.74. The third kappa shape index (κ3) is 3.34. The first-order chi connectivity index (χ1) is 11.9. The monoisotopic (exact) mass is 365 g/mol. The third-order valence-corrected chi connectivity index (χ3v) is 5.34. The number of benzene rings is 1. The van der Waals surface area contributed by atoms with Gasteiger partial charge in [0.25, 0.3) is 0 Å². The van der Waals surface area contributed by atoms with Crippen LogP contribution in [0.2, 0.25) is 0 Å². The van der Waals surface area contributed by atoms with Gasteiger partial charge in [0.1, 0.15) is 12.4 Å². The highest BCUT2D eigenvalue weighted by Crippen LogP contribution is 2.43. The summed E-state index contributed by atoms with van der Waals surface area (Å²) in [6.07, 6.45) is 0.977. The first kappa shape index (κ1) is 20.4. The summed E-state index contributed by atoms with van der Waals surface area (Å²) in [5.74, 6) is -1.07. The zero-order valence-corrected chi connectivity index (χ0v) is 14.9. The predicted octanol–water partition coefficient (Wildman–Crippen LogP) is 4.17. The summed E-state index contributed by atoms with van der Waals surface area (Å²) in [6.45, 7) is 6.08. The predicted molar refractivity (Wildman–Crippen MR) is 96.2 cm³/mol. The van der Waals surface area contributed by atoms with Crippen LogP contribution in [0.3, 0.4) is 0 Å². The van der Waals surface area contributed by atoms with Gasteiger partial charge in [0.15, 0.2) is 0 Å². The smallest absolute Gasteiger partial charge is 0.416 e. The maximum atomic E-state index is 14.5. The Morgan fingerprint density at radius 1 is 1.35 bits per heavy atom. The quantitative estimate of drug-likeness (QED) is 0.804. The lowest BCUT2D eigenvalue weighted by atomic mass is 9.84. The van der Waals surface area contributed by atoms with E-state index in [0.29, 0.717) is 24.8 Å². The van der Waals surface area contributed by atoms with E-state index in [2.05, 4.69) is 0 Å². The number of hydrogen-bond acceptors (Lipinski definition) is 4. The second-order valence-electron chi connectivity index (χ2n) is 6.89. The van der Waals surface area contributed by atoms with E-state index >= 15 is 0 Å². The van der Waals surface area contributed by atoms with Crippen molar-refractivity contribution in [1.29, 1.82) is 0 Å². The van der Waals surface area contributed by atoms with Crippen molar-refractivity contribution in [1.82, 2.24) is 4.90 Å². The molecule has 0 saturated carbocycles. The molecule has 0 bridgehead atoms. The van der Waals surface area contributed by atoms with Gasteiger partial charge in [-0.3, -0.25) is 4.79 Å². The van der Waals surface area contributed by atoms with E-state index in [9.17, 15) is 14.0 Å². The Hall–Kier alpha value is -1.95. The molecule has 5 nitrogen and oxygen atoms in total.